The summed E-state index contributed by atoms with van der Waals surface area (Å²) in [4.78, 5) is 0. The number of rotatable bonds is 5. The zero-order valence-electron chi connectivity index (χ0n) is 12.6. The third kappa shape index (κ3) is 3.28. The van der Waals surface area contributed by atoms with Crippen molar-refractivity contribution in [3.63, 3.8) is 0 Å². The van der Waals surface area contributed by atoms with Crippen molar-refractivity contribution in [1.82, 2.24) is 10.6 Å². The topological polar surface area (TPSA) is 33.3 Å². The van der Waals surface area contributed by atoms with Gasteiger partial charge in [-0.2, -0.15) is 0 Å². The second-order valence-electron chi connectivity index (χ2n) is 5.57. The Balaban J connectivity index is 2.04. The van der Waals surface area contributed by atoms with E-state index in [1.54, 1.807) is 7.11 Å². The fraction of sp³-hybridized carbons (Fsp3) is 0.625. The summed E-state index contributed by atoms with van der Waals surface area (Å²) < 4.78 is 5.60. The van der Waals surface area contributed by atoms with Crippen LogP contribution in [0, 0.1) is 20.8 Å². The Hall–Kier alpha value is -1.06. The second kappa shape index (κ2) is 6.40. The number of hydrogen-bond donors (Lipinski definition) is 2. The predicted molar refractivity (Wildman–Crippen MR) is 79.9 cm³/mol. The van der Waals surface area contributed by atoms with Gasteiger partial charge in [0.2, 0.25) is 0 Å². The summed E-state index contributed by atoms with van der Waals surface area (Å²) in [5.74, 6) is 1.05. The molecule has 0 saturated carbocycles. The summed E-state index contributed by atoms with van der Waals surface area (Å²) in [6.45, 7) is 9.53. The molecule has 0 bridgehead atoms. The highest BCUT2D eigenvalue weighted by atomic mass is 16.5. The summed E-state index contributed by atoms with van der Waals surface area (Å²) >= 11 is 0. The first kappa shape index (κ1) is 14.4. The van der Waals surface area contributed by atoms with Gasteiger partial charge >= 0.3 is 0 Å². The van der Waals surface area contributed by atoms with Crippen molar-refractivity contribution in [2.24, 2.45) is 0 Å². The van der Waals surface area contributed by atoms with Gasteiger partial charge in [-0.25, -0.2) is 0 Å². The zero-order valence-corrected chi connectivity index (χ0v) is 12.6. The molecular weight excluding hydrogens is 236 g/mol. The maximum absolute atomic E-state index is 5.60. The van der Waals surface area contributed by atoms with Gasteiger partial charge < -0.3 is 15.4 Å². The molecule has 1 fully saturated rings. The van der Waals surface area contributed by atoms with Crippen molar-refractivity contribution in [2.75, 3.05) is 20.2 Å². The van der Waals surface area contributed by atoms with Gasteiger partial charge in [-0.15, -0.1) is 0 Å². The Morgan fingerprint density at radius 1 is 1.32 bits per heavy atom. The van der Waals surface area contributed by atoms with E-state index in [0.29, 0.717) is 6.04 Å². The summed E-state index contributed by atoms with van der Waals surface area (Å²) in [5.41, 5.74) is 5.16. The van der Waals surface area contributed by atoms with E-state index in [1.807, 2.05) is 0 Å². The van der Waals surface area contributed by atoms with Crippen LogP contribution < -0.4 is 15.4 Å². The molecule has 1 atom stereocenters. The van der Waals surface area contributed by atoms with Crippen LogP contribution >= 0.6 is 0 Å². The molecule has 2 rings (SSSR count). The lowest BCUT2D eigenvalue weighted by atomic mass is 9.99. The van der Waals surface area contributed by atoms with Gasteiger partial charge in [-0.3, -0.25) is 0 Å². The van der Waals surface area contributed by atoms with Crippen molar-refractivity contribution in [3.8, 4) is 5.75 Å². The van der Waals surface area contributed by atoms with E-state index in [4.69, 9.17) is 4.74 Å². The minimum Gasteiger partial charge on any atom is -0.496 e. The minimum atomic E-state index is 0.637. The summed E-state index contributed by atoms with van der Waals surface area (Å²) in [5, 5.41) is 7.08. The highest BCUT2D eigenvalue weighted by Gasteiger charge is 2.15. The Kier molecular flexibility index (Phi) is 4.83. The van der Waals surface area contributed by atoms with Crippen molar-refractivity contribution >= 4 is 0 Å². The van der Waals surface area contributed by atoms with Gasteiger partial charge in [0.1, 0.15) is 5.75 Å². The molecule has 0 radical (unpaired) electrons. The lowest BCUT2D eigenvalue weighted by Crippen LogP contribution is -2.33. The Bertz CT molecular complexity index is 437. The average molecular weight is 262 g/mol. The van der Waals surface area contributed by atoms with E-state index < -0.39 is 0 Å². The molecule has 2 N–H and O–H groups in total. The monoisotopic (exact) mass is 262 g/mol. The smallest absolute Gasteiger partial charge is 0.126 e. The molecule has 0 spiro atoms. The van der Waals surface area contributed by atoms with Crippen LogP contribution in [0.2, 0.25) is 0 Å². The van der Waals surface area contributed by atoms with Gasteiger partial charge in [0.05, 0.1) is 7.11 Å². The standard InChI is InChI=1S/C16H26N2O/c1-11-8-12(2)15(16(19-4)13(11)3)10-17-9-14-6-5-7-18-14/h8,14,17-18H,5-7,9-10H2,1-4H3. The average Bonchev–Trinajstić information content (AvgIpc) is 2.89. The van der Waals surface area contributed by atoms with Crippen LogP contribution in [0.4, 0.5) is 0 Å². The first-order valence-electron chi connectivity index (χ1n) is 7.21. The third-order valence-corrected chi connectivity index (χ3v) is 4.17. The Morgan fingerprint density at radius 3 is 2.74 bits per heavy atom. The second-order valence-corrected chi connectivity index (χ2v) is 5.57. The third-order valence-electron chi connectivity index (χ3n) is 4.17. The lowest BCUT2D eigenvalue weighted by Gasteiger charge is -2.18. The van der Waals surface area contributed by atoms with Crippen LogP contribution in [0.5, 0.6) is 5.75 Å². The molecule has 106 valence electrons. The number of ether oxygens (including phenoxy) is 1. The normalized spacial score (nSPS) is 18.8. The fourth-order valence-electron chi connectivity index (χ4n) is 2.90. The van der Waals surface area contributed by atoms with Crippen molar-refractivity contribution < 1.29 is 4.74 Å². The minimum absolute atomic E-state index is 0.637. The van der Waals surface area contributed by atoms with Gasteiger partial charge in [0, 0.05) is 24.7 Å². The molecule has 1 heterocycles. The number of hydrogen-bond acceptors (Lipinski definition) is 3. The number of aryl methyl sites for hydroxylation is 2. The van der Waals surface area contributed by atoms with Crippen molar-refractivity contribution in [3.05, 3.63) is 28.3 Å². The largest absolute Gasteiger partial charge is 0.496 e. The quantitative estimate of drug-likeness (QED) is 0.855. The maximum atomic E-state index is 5.60. The molecule has 1 aliphatic rings. The van der Waals surface area contributed by atoms with E-state index in [2.05, 4.69) is 37.5 Å². The Labute approximate surface area is 116 Å². The fourth-order valence-corrected chi connectivity index (χ4v) is 2.90. The van der Waals surface area contributed by atoms with E-state index in [0.717, 1.165) is 18.8 Å². The maximum Gasteiger partial charge on any atom is 0.126 e. The van der Waals surface area contributed by atoms with Crippen LogP contribution in [-0.4, -0.2) is 26.2 Å². The highest BCUT2D eigenvalue weighted by molar-refractivity contribution is 5.49. The van der Waals surface area contributed by atoms with Crippen LogP contribution in [0.1, 0.15) is 35.1 Å². The van der Waals surface area contributed by atoms with Crippen LogP contribution in [0.3, 0.4) is 0 Å². The van der Waals surface area contributed by atoms with E-state index in [1.165, 1.54) is 41.6 Å². The van der Waals surface area contributed by atoms with E-state index in [9.17, 15) is 0 Å². The summed E-state index contributed by atoms with van der Waals surface area (Å²) in [6, 6.07) is 2.89. The summed E-state index contributed by atoms with van der Waals surface area (Å²) in [7, 11) is 1.77. The molecule has 0 aromatic heterocycles. The first-order valence-corrected chi connectivity index (χ1v) is 7.21. The highest BCUT2D eigenvalue weighted by Crippen LogP contribution is 2.29. The van der Waals surface area contributed by atoms with Crippen LogP contribution in [0.15, 0.2) is 6.07 Å². The predicted octanol–water partition coefficient (Wildman–Crippen LogP) is 2.46. The molecule has 1 aliphatic heterocycles. The molecular formula is C16H26N2O. The number of methoxy groups -OCH3 is 1. The lowest BCUT2D eigenvalue weighted by molar-refractivity contribution is 0.402. The molecule has 0 amide bonds. The van der Waals surface area contributed by atoms with Crippen molar-refractivity contribution in [1.29, 1.82) is 0 Å². The van der Waals surface area contributed by atoms with Gasteiger partial charge in [0.25, 0.3) is 0 Å². The van der Waals surface area contributed by atoms with Crippen molar-refractivity contribution in [2.45, 2.75) is 46.2 Å². The Morgan fingerprint density at radius 2 is 2.11 bits per heavy atom. The van der Waals surface area contributed by atoms with E-state index in [-0.39, 0.29) is 0 Å². The molecule has 1 unspecified atom stereocenters. The molecule has 3 heteroatoms. The molecule has 19 heavy (non-hydrogen) atoms. The van der Waals surface area contributed by atoms with Crippen LogP contribution in [-0.2, 0) is 6.54 Å². The van der Waals surface area contributed by atoms with Crippen LogP contribution in [0.25, 0.3) is 0 Å². The molecule has 1 saturated heterocycles. The first-order chi connectivity index (χ1) is 9.13. The SMILES string of the molecule is COc1c(C)c(C)cc(C)c1CNCC1CCCN1. The van der Waals surface area contributed by atoms with Gasteiger partial charge in [-0.1, -0.05) is 6.07 Å². The van der Waals surface area contributed by atoms with Gasteiger partial charge in [-0.05, 0) is 56.8 Å². The molecule has 1 aromatic carbocycles. The molecule has 1 aromatic rings. The molecule has 0 aliphatic carbocycles. The zero-order chi connectivity index (χ0) is 13.8. The van der Waals surface area contributed by atoms with Gasteiger partial charge in [0.15, 0.2) is 0 Å². The molecule has 3 nitrogen and oxygen atoms in total. The number of nitrogens with one attached hydrogen (secondary N) is 2. The summed E-state index contributed by atoms with van der Waals surface area (Å²) in [6.07, 6.45) is 2.59. The van der Waals surface area contributed by atoms with E-state index >= 15 is 0 Å². The number of benzene rings is 1.